The van der Waals surface area contributed by atoms with E-state index in [0.717, 1.165) is 19.6 Å². The first-order valence-electron chi connectivity index (χ1n) is 7.86. The van der Waals surface area contributed by atoms with Gasteiger partial charge in [-0.25, -0.2) is 0 Å². The first kappa shape index (κ1) is 17.6. The van der Waals surface area contributed by atoms with E-state index in [-0.39, 0.29) is 6.10 Å². The van der Waals surface area contributed by atoms with Crippen LogP contribution in [0.2, 0.25) is 0 Å². The van der Waals surface area contributed by atoms with Crippen molar-refractivity contribution >= 4 is 17.2 Å². The summed E-state index contributed by atoms with van der Waals surface area (Å²) in [6, 6.07) is 21.0. The Morgan fingerprint density at radius 1 is 1.00 bits per heavy atom. The molecule has 2 aromatic rings. The predicted octanol–water partition coefficient (Wildman–Crippen LogP) is 3.38. The molecule has 0 amide bonds. The molecule has 0 aliphatic rings. The van der Waals surface area contributed by atoms with E-state index < -0.39 is 0 Å². The number of hydrogen-bond acceptors (Lipinski definition) is 3. The number of rotatable bonds is 9. The topological polar surface area (TPSA) is 38.5 Å². The molecule has 0 fully saturated rings. The minimum Gasteiger partial charge on any atom is -0.391 e. The monoisotopic (exact) mass is 328 g/mol. The number of nitrogens with zero attached hydrogens (tertiary/aromatic N) is 1. The fourth-order valence-corrected chi connectivity index (χ4v) is 2.41. The number of ether oxygens (including phenoxy) is 1. The summed E-state index contributed by atoms with van der Waals surface area (Å²) in [7, 11) is 0. The molecule has 2 rings (SSSR count). The normalized spacial score (nSPS) is 12.3. The standard InChI is InChI=1S/C19H24N2OS/c1-16(19(20)23)22-13-12-21(14-17-8-4-2-5-9-17)15-18-10-6-3-7-11-18/h2-11,16H,12-15H2,1H3,(H2,20,23). The van der Waals surface area contributed by atoms with Gasteiger partial charge in [0, 0.05) is 19.6 Å². The van der Waals surface area contributed by atoms with E-state index >= 15 is 0 Å². The Morgan fingerprint density at radius 2 is 1.48 bits per heavy atom. The highest BCUT2D eigenvalue weighted by Crippen LogP contribution is 2.10. The number of nitrogens with two attached hydrogens (primary N) is 1. The molecule has 0 radical (unpaired) electrons. The van der Waals surface area contributed by atoms with Gasteiger partial charge in [0.2, 0.25) is 0 Å². The van der Waals surface area contributed by atoms with Crippen molar-refractivity contribution in [2.75, 3.05) is 13.2 Å². The number of thiocarbonyl (C=S) groups is 1. The van der Waals surface area contributed by atoms with E-state index in [0.29, 0.717) is 11.6 Å². The molecule has 0 aliphatic carbocycles. The summed E-state index contributed by atoms with van der Waals surface area (Å²) in [5.74, 6) is 0. The van der Waals surface area contributed by atoms with Crippen molar-refractivity contribution in [2.24, 2.45) is 5.73 Å². The van der Waals surface area contributed by atoms with Crippen LogP contribution in [0.1, 0.15) is 18.1 Å². The Labute approximate surface area is 144 Å². The van der Waals surface area contributed by atoms with Crippen molar-refractivity contribution in [1.82, 2.24) is 4.90 Å². The molecule has 0 aliphatic heterocycles. The maximum Gasteiger partial charge on any atom is 0.104 e. The van der Waals surface area contributed by atoms with Crippen LogP contribution < -0.4 is 5.73 Å². The molecule has 23 heavy (non-hydrogen) atoms. The van der Waals surface area contributed by atoms with Crippen molar-refractivity contribution in [3.8, 4) is 0 Å². The van der Waals surface area contributed by atoms with Crippen LogP contribution in [-0.4, -0.2) is 29.1 Å². The van der Waals surface area contributed by atoms with Crippen molar-refractivity contribution < 1.29 is 4.74 Å². The van der Waals surface area contributed by atoms with Gasteiger partial charge in [-0.1, -0.05) is 72.9 Å². The summed E-state index contributed by atoms with van der Waals surface area (Å²) in [6.45, 7) is 5.11. The van der Waals surface area contributed by atoms with Gasteiger partial charge in [-0.05, 0) is 18.1 Å². The van der Waals surface area contributed by atoms with Crippen LogP contribution in [0.5, 0.6) is 0 Å². The third-order valence-corrected chi connectivity index (χ3v) is 4.01. The zero-order valence-corrected chi connectivity index (χ0v) is 14.3. The third-order valence-electron chi connectivity index (χ3n) is 3.67. The first-order chi connectivity index (χ1) is 11.1. The van der Waals surface area contributed by atoms with Gasteiger partial charge in [-0.2, -0.15) is 0 Å². The maximum atomic E-state index is 5.70. The van der Waals surface area contributed by atoms with Crippen LogP contribution in [0.3, 0.4) is 0 Å². The largest absolute Gasteiger partial charge is 0.391 e. The van der Waals surface area contributed by atoms with Gasteiger partial charge in [0.05, 0.1) is 6.61 Å². The molecule has 0 saturated heterocycles. The summed E-state index contributed by atoms with van der Waals surface area (Å²) < 4.78 is 5.70. The lowest BCUT2D eigenvalue weighted by Gasteiger charge is -2.23. The lowest BCUT2D eigenvalue weighted by Crippen LogP contribution is -2.31. The van der Waals surface area contributed by atoms with Crippen LogP contribution in [0.4, 0.5) is 0 Å². The molecule has 0 spiro atoms. The second kappa shape index (κ2) is 9.40. The molecule has 1 unspecified atom stereocenters. The number of benzene rings is 2. The second-order valence-corrected chi connectivity index (χ2v) is 6.07. The average Bonchev–Trinajstić information content (AvgIpc) is 2.56. The van der Waals surface area contributed by atoms with E-state index in [1.54, 1.807) is 0 Å². The highest BCUT2D eigenvalue weighted by molar-refractivity contribution is 7.80. The van der Waals surface area contributed by atoms with Gasteiger partial charge >= 0.3 is 0 Å². The first-order valence-corrected chi connectivity index (χ1v) is 8.27. The lowest BCUT2D eigenvalue weighted by atomic mass is 10.1. The molecule has 1 atom stereocenters. The molecule has 3 nitrogen and oxygen atoms in total. The van der Waals surface area contributed by atoms with Crippen LogP contribution in [0.15, 0.2) is 60.7 Å². The number of hydrogen-bond donors (Lipinski definition) is 1. The molecule has 0 heterocycles. The van der Waals surface area contributed by atoms with Crippen LogP contribution >= 0.6 is 12.2 Å². The van der Waals surface area contributed by atoms with Crippen LogP contribution in [0, 0.1) is 0 Å². The molecule has 2 aromatic carbocycles. The highest BCUT2D eigenvalue weighted by atomic mass is 32.1. The lowest BCUT2D eigenvalue weighted by molar-refractivity contribution is 0.0804. The molecule has 0 saturated carbocycles. The van der Waals surface area contributed by atoms with E-state index in [9.17, 15) is 0 Å². The van der Waals surface area contributed by atoms with Gasteiger partial charge in [-0.3, -0.25) is 4.90 Å². The van der Waals surface area contributed by atoms with Gasteiger partial charge in [0.15, 0.2) is 0 Å². The smallest absolute Gasteiger partial charge is 0.104 e. The quantitative estimate of drug-likeness (QED) is 0.716. The summed E-state index contributed by atoms with van der Waals surface area (Å²) in [5, 5.41) is 0. The zero-order chi connectivity index (χ0) is 16.5. The summed E-state index contributed by atoms with van der Waals surface area (Å²) >= 11 is 4.95. The maximum absolute atomic E-state index is 5.70. The van der Waals surface area contributed by atoms with Crippen LogP contribution in [0.25, 0.3) is 0 Å². The molecule has 2 N–H and O–H groups in total. The predicted molar refractivity (Wildman–Crippen MR) is 99.2 cm³/mol. The molecule has 0 bridgehead atoms. The SMILES string of the molecule is CC(OCCN(Cc1ccccc1)Cc1ccccc1)C(N)=S. The van der Waals surface area contributed by atoms with Crippen LogP contribution in [-0.2, 0) is 17.8 Å². The van der Waals surface area contributed by atoms with Gasteiger partial charge in [0.25, 0.3) is 0 Å². The van der Waals surface area contributed by atoms with Crippen molar-refractivity contribution in [3.63, 3.8) is 0 Å². The minimum atomic E-state index is -0.180. The Balaban J connectivity index is 1.95. The Bertz CT molecular complexity index is 547. The van der Waals surface area contributed by atoms with E-state index in [2.05, 4.69) is 53.4 Å². The molecule has 122 valence electrons. The van der Waals surface area contributed by atoms with E-state index in [1.807, 2.05) is 19.1 Å². The van der Waals surface area contributed by atoms with Crippen molar-refractivity contribution in [2.45, 2.75) is 26.1 Å². The van der Waals surface area contributed by atoms with Gasteiger partial charge < -0.3 is 10.5 Å². The van der Waals surface area contributed by atoms with Gasteiger partial charge in [0.1, 0.15) is 11.1 Å². The molecule has 0 aromatic heterocycles. The average molecular weight is 328 g/mol. The Kier molecular flexibility index (Phi) is 7.20. The van der Waals surface area contributed by atoms with E-state index in [4.69, 9.17) is 22.7 Å². The second-order valence-electron chi connectivity index (χ2n) is 5.60. The fraction of sp³-hybridized carbons (Fsp3) is 0.316. The molecule has 4 heteroatoms. The highest BCUT2D eigenvalue weighted by Gasteiger charge is 2.10. The third kappa shape index (κ3) is 6.48. The Hall–Kier alpha value is -1.75. The summed E-state index contributed by atoms with van der Waals surface area (Å²) in [5.41, 5.74) is 8.19. The molecular formula is C19H24N2OS. The summed E-state index contributed by atoms with van der Waals surface area (Å²) in [6.07, 6.45) is -0.180. The van der Waals surface area contributed by atoms with Crippen molar-refractivity contribution in [3.05, 3.63) is 71.8 Å². The Morgan fingerprint density at radius 3 is 1.91 bits per heavy atom. The fourth-order valence-electron chi connectivity index (χ4n) is 2.34. The van der Waals surface area contributed by atoms with E-state index in [1.165, 1.54) is 11.1 Å². The minimum absolute atomic E-state index is 0.180. The zero-order valence-electron chi connectivity index (χ0n) is 13.5. The molecular weight excluding hydrogens is 304 g/mol. The van der Waals surface area contributed by atoms with Crippen molar-refractivity contribution in [1.29, 1.82) is 0 Å². The van der Waals surface area contributed by atoms with Gasteiger partial charge in [-0.15, -0.1) is 0 Å². The summed E-state index contributed by atoms with van der Waals surface area (Å²) in [4.78, 5) is 2.78.